The predicted octanol–water partition coefficient (Wildman–Crippen LogP) is -2.00. The van der Waals surface area contributed by atoms with Gasteiger partial charge < -0.3 is 10.5 Å². The highest BCUT2D eigenvalue weighted by Gasteiger charge is 2.41. The number of nitrogens with zero attached hydrogens (tertiary/aromatic N) is 3. The molecule has 0 radical (unpaired) electrons. The van der Waals surface area contributed by atoms with Crippen LogP contribution >= 0.6 is 0 Å². The molecule has 0 amide bonds. The van der Waals surface area contributed by atoms with Crippen molar-refractivity contribution in [2.24, 2.45) is 0 Å². The first-order valence-corrected chi connectivity index (χ1v) is 9.81. The zero-order valence-corrected chi connectivity index (χ0v) is 14.8. The van der Waals surface area contributed by atoms with Crippen LogP contribution in [0, 0.1) is 0 Å². The number of hydrogen-bond acceptors (Lipinski definition) is 11. The standard InChI is InChI=1S/C10H13N5O10S2/c11-10-13-8-7(9(16)14-10)12-3-15(8)6-1-4(25-27(20,21)22)5(24-6)2-23-26(17,18)19/h3-6H,1-2H2,(H,17,18,19)(H,20,21,22)(H3,11,13,14,16)/t4-,5+,6+/m0/s1. The van der Waals surface area contributed by atoms with E-state index in [1.807, 2.05) is 0 Å². The number of nitrogens with two attached hydrogens (primary N) is 1. The van der Waals surface area contributed by atoms with Crippen LogP contribution in [0.5, 0.6) is 0 Å². The molecule has 17 heteroatoms. The maximum absolute atomic E-state index is 11.8. The number of aromatic amines is 1. The lowest BCUT2D eigenvalue weighted by Crippen LogP contribution is -2.31. The van der Waals surface area contributed by atoms with E-state index in [1.54, 1.807) is 0 Å². The largest absolute Gasteiger partial charge is 0.397 e. The number of aromatic nitrogens is 4. The summed E-state index contributed by atoms with van der Waals surface area (Å²) in [7, 11) is -9.74. The summed E-state index contributed by atoms with van der Waals surface area (Å²) in [6.45, 7) is -0.807. The van der Waals surface area contributed by atoms with Crippen LogP contribution in [0.4, 0.5) is 5.95 Å². The normalized spacial score (nSPS) is 23.9. The van der Waals surface area contributed by atoms with Gasteiger partial charge in [0.15, 0.2) is 11.2 Å². The Kier molecular flexibility index (Phi) is 4.93. The van der Waals surface area contributed by atoms with Crippen molar-refractivity contribution in [1.29, 1.82) is 0 Å². The molecule has 1 saturated heterocycles. The number of H-pyrrole nitrogens is 1. The average molecular weight is 427 g/mol. The van der Waals surface area contributed by atoms with Crippen LogP contribution in [0.1, 0.15) is 12.6 Å². The number of hydrogen-bond donors (Lipinski definition) is 4. The molecule has 0 unspecified atom stereocenters. The van der Waals surface area contributed by atoms with Crippen molar-refractivity contribution < 1.29 is 39.0 Å². The van der Waals surface area contributed by atoms with Crippen molar-refractivity contribution >= 4 is 37.9 Å². The SMILES string of the molecule is Nc1nc2c(ncn2[C@H]2C[C@H](OS(=O)(=O)O)[C@@H](COS(=O)(=O)O)O2)c(=O)[nH]1. The van der Waals surface area contributed by atoms with Gasteiger partial charge in [0.2, 0.25) is 5.95 Å². The van der Waals surface area contributed by atoms with E-state index in [1.165, 1.54) is 10.9 Å². The molecule has 0 aliphatic carbocycles. The van der Waals surface area contributed by atoms with E-state index in [0.717, 1.165) is 0 Å². The molecule has 2 aromatic heterocycles. The van der Waals surface area contributed by atoms with Crippen molar-refractivity contribution in [3.63, 3.8) is 0 Å². The van der Waals surface area contributed by atoms with Crippen LogP contribution in [0.3, 0.4) is 0 Å². The minimum Gasteiger partial charge on any atom is -0.369 e. The van der Waals surface area contributed by atoms with Gasteiger partial charge in [-0.25, -0.2) is 13.4 Å². The second kappa shape index (κ2) is 6.78. The zero-order valence-electron chi connectivity index (χ0n) is 13.1. The number of anilines is 1. The van der Waals surface area contributed by atoms with E-state index in [-0.39, 0.29) is 23.5 Å². The maximum Gasteiger partial charge on any atom is 0.397 e. The molecule has 3 rings (SSSR count). The molecule has 0 aromatic carbocycles. The van der Waals surface area contributed by atoms with Crippen molar-refractivity contribution in [2.45, 2.75) is 24.9 Å². The molecule has 15 nitrogen and oxygen atoms in total. The molecule has 2 aromatic rings. The van der Waals surface area contributed by atoms with Gasteiger partial charge in [-0.05, 0) is 0 Å². The van der Waals surface area contributed by atoms with Crippen molar-refractivity contribution in [1.82, 2.24) is 19.5 Å². The number of ether oxygens (including phenoxy) is 1. The fourth-order valence-electron chi connectivity index (χ4n) is 2.59. The maximum atomic E-state index is 11.8. The Balaban J connectivity index is 1.92. The van der Waals surface area contributed by atoms with Crippen LogP contribution in [-0.4, -0.2) is 64.3 Å². The molecule has 0 spiro atoms. The van der Waals surface area contributed by atoms with Crippen LogP contribution in [0.2, 0.25) is 0 Å². The molecule has 3 atom stereocenters. The number of imidazole rings is 1. The minimum atomic E-state index is -4.91. The minimum absolute atomic E-state index is 0.0169. The third kappa shape index (κ3) is 4.58. The second-order valence-electron chi connectivity index (χ2n) is 5.41. The molecule has 1 aliphatic rings. The summed E-state index contributed by atoms with van der Waals surface area (Å²) in [5.41, 5.74) is 4.81. The van der Waals surface area contributed by atoms with Gasteiger partial charge in [0.05, 0.1) is 12.9 Å². The fourth-order valence-corrected chi connectivity index (χ4v) is 3.41. The fraction of sp³-hybridized carbons (Fsp3) is 0.500. The molecular weight excluding hydrogens is 414 g/mol. The number of nitrogens with one attached hydrogen (secondary N) is 1. The van der Waals surface area contributed by atoms with E-state index in [9.17, 15) is 21.6 Å². The second-order valence-corrected chi connectivity index (χ2v) is 7.55. The van der Waals surface area contributed by atoms with Crippen LogP contribution in [0.25, 0.3) is 11.2 Å². The third-order valence-corrected chi connectivity index (χ3v) is 4.49. The molecule has 3 heterocycles. The first-order chi connectivity index (χ1) is 12.4. The molecule has 0 bridgehead atoms. The Labute approximate surface area is 151 Å². The Morgan fingerprint density at radius 3 is 2.67 bits per heavy atom. The summed E-state index contributed by atoms with van der Waals surface area (Å²) < 4.78 is 76.4. The van der Waals surface area contributed by atoms with E-state index < -0.39 is 51.4 Å². The summed E-state index contributed by atoms with van der Waals surface area (Å²) in [6, 6.07) is 0. The van der Waals surface area contributed by atoms with Gasteiger partial charge >= 0.3 is 20.8 Å². The van der Waals surface area contributed by atoms with Crippen LogP contribution < -0.4 is 11.3 Å². The summed E-state index contributed by atoms with van der Waals surface area (Å²) in [5, 5.41) is 0. The molecule has 5 N–H and O–H groups in total. The van der Waals surface area contributed by atoms with Gasteiger partial charge in [0.1, 0.15) is 18.4 Å². The molecule has 27 heavy (non-hydrogen) atoms. The van der Waals surface area contributed by atoms with E-state index in [2.05, 4.69) is 23.3 Å². The number of nitrogen functional groups attached to an aromatic ring is 1. The highest BCUT2D eigenvalue weighted by Crippen LogP contribution is 2.33. The summed E-state index contributed by atoms with van der Waals surface area (Å²) in [5.74, 6) is -0.204. The van der Waals surface area contributed by atoms with Gasteiger partial charge in [0, 0.05) is 6.42 Å². The number of fused-ring (bicyclic) bond motifs is 1. The monoisotopic (exact) mass is 427 g/mol. The highest BCUT2D eigenvalue weighted by atomic mass is 32.3. The van der Waals surface area contributed by atoms with Gasteiger partial charge in [-0.2, -0.15) is 21.8 Å². The van der Waals surface area contributed by atoms with Crippen LogP contribution in [-0.2, 0) is 33.9 Å². The first kappa shape index (κ1) is 19.6. The lowest BCUT2D eigenvalue weighted by molar-refractivity contribution is -0.0351. The van der Waals surface area contributed by atoms with E-state index in [0.29, 0.717) is 0 Å². The Morgan fingerprint density at radius 2 is 2.04 bits per heavy atom. The molecular formula is C10H13N5O10S2. The Morgan fingerprint density at radius 1 is 1.33 bits per heavy atom. The molecule has 1 fully saturated rings. The summed E-state index contributed by atoms with van der Waals surface area (Å²) in [6.07, 6.45) is -2.77. The average Bonchev–Trinajstić information content (AvgIpc) is 3.06. The van der Waals surface area contributed by atoms with Gasteiger partial charge in [-0.3, -0.25) is 23.5 Å². The summed E-state index contributed by atoms with van der Waals surface area (Å²) >= 11 is 0. The van der Waals surface area contributed by atoms with Crippen LogP contribution in [0.15, 0.2) is 11.1 Å². The Hall–Kier alpha value is -2.15. The quantitative estimate of drug-likeness (QED) is 0.366. The predicted molar refractivity (Wildman–Crippen MR) is 85.0 cm³/mol. The number of rotatable bonds is 6. The molecule has 0 saturated carbocycles. The van der Waals surface area contributed by atoms with Gasteiger partial charge in [-0.15, -0.1) is 0 Å². The topological polar surface area (TPSA) is 226 Å². The van der Waals surface area contributed by atoms with Crippen molar-refractivity contribution in [2.75, 3.05) is 12.3 Å². The van der Waals surface area contributed by atoms with Gasteiger partial charge in [-0.1, -0.05) is 0 Å². The third-order valence-electron chi connectivity index (χ3n) is 3.57. The lowest BCUT2D eigenvalue weighted by atomic mass is 10.2. The molecule has 150 valence electrons. The lowest BCUT2D eigenvalue weighted by Gasteiger charge is -2.16. The van der Waals surface area contributed by atoms with E-state index in [4.69, 9.17) is 19.6 Å². The Bertz CT molecular complexity index is 1120. The van der Waals surface area contributed by atoms with Crippen molar-refractivity contribution in [3.05, 3.63) is 16.7 Å². The van der Waals surface area contributed by atoms with Crippen molar-refractivity contribution in [3.8, 4) is 0 Å². The highest BCUT2D eigenvalue weighted by molar-refractivity contribution is 7.81. The smallest absolute Gasteiger partial charge is 0.369 e. The first-order valence-electron chi connectivity index (χ1n) is 7.08. The zero-order chi connectivity index (χ0) is 20.0. The van der Waals surface area contributed by atoms with E-state index >= 15 is 0 Å². The molecule has 1 aliphatic heterocycles. The van der Waals surface area contributed by atoms with Gasteiger partial charge in [0.25, 0.3) is 5.56 Å². The summed E-state index contributed by atoms with van der Waals surface area (Å²) in [4.78, 5) is 21.8.